The number of carbonyl (C=O) groups excluding carboxylic acids is 2. The number of nitrogens with one attached hydrogen (secondary N) is 3. The minimum absolute atomic E-state index is 0.0879. The highest BCUT2D eigenvalue weighted by atomic mass is 16.2. The van der Waals surface area contributed by atoms with Gasteiger partial charge in [0.1, 0.15) is 5.84 Å². The molecule has 0 spiro atoms. The zero-order valence-corrected chi connectivity index (χ0v) is 9.99. The van der Waals surface area contributed by atoms with Crippen LogP contribution >= 0.6 is 0 Å². The van der Waals surface area contributed by atoms with Gasteiger partial charge in [-0.3, -0.25) is 20.4 Å². The first-order valence-corrected chi connectivity index (χ1v) is 5.60. The van der Waals surface area contributed by atoms with Crippen LogP contribution in [0.1, 0.15) is 12.0 Å². The molecule has 3 amide bonds. The lowest BCUT2D eigenvalue weighted by Gasteiger charge is -2.27. The SMILES string of the molecule is CNc1ccccc1C(=N)N1CCC(=O)NC1=O. The summed E-state index contributed by atoms with van der Waals surface area (Å²) in [4.78, 5) is 24.0. The summed E-state index contributed by atoms with van der Waals surface area (Å²) >= 11 is 0. The van der Waals surface area contributed by atoms with Gasteiger partial charge < -0.3 is 5.32 Å². The summed E-state index contributed by atoms with van der Waals surface area (Å²) in [5.41, 5.74) is 1.40. The number of nitrogens with zero attached hydrogens (tertiary/aromatic N) is 1. The summed E-state index contributed by atoms with van der Waals surface area (Å²) in [6.45, 7) is 0.238. The lowest BCUT2D eigenvalue weighted by atomic mass is 10.1. The smallest absolute Gasteiger partial charge is 0.329 e. The van der Waals surface area contributed by atoms with Gasteiger partial charge >= 0.3 is 6.03 Å². The van der Waals surface area contributed by atoms with Crippen LogP contribution in [0.15, 0.2) is 24.3 Å². The van der Waals surface area contributed by atoms with Crippen molar-refractivity contribution in [1.82, 2.24) is 10.2 Å². The molecule has 0 saturated carbocycles. The minimum atomic E-state index is -0.540. The van der Waals surface area contributed by atoms with Crippen molar-refractivity contribution in [3.8, 4) is 0 Å². The Hall–Kier alpha value is -2.37. The van der Waals surface area contributed by atoms with Crippen molar-refractivity contribution in [2.75, 3.05) is 18.9 Å². The predicted octanol–water partition coefficient (Wildman–Crippen LogP) is 0.996. The molecular formula is C12H14N4O2. The molecule has 3 N–H and O–H groups in total. The Bertz CT molecular complexity index is 513. The summed E-state index contributed by atoms with van der Waals surface area (Å²) in [6.07, 6.45) is 0.218. The molecule has 94 valence electrons. The highest BCUT2D eigenvalue weighted by molar-refractivity contribution is 6.12. The Labute approximate surface area is 104 Å². The second-order valence-electron chi connectivity index (χ2n) is 3.90. The number of carbonyl (C=O) groups is 2. The molecule has 0 aromatic heterocycles. The van der Waals surface area contributed by atoms with Gasteiger partial charge in [-0.2, -0.15) is 0 Å². The van der Waals surface area contributed by atoms with Crippen molar-refractivity contribution < 1.29 is 9.59 Å². The van der Waals surface area contributed by atoms with Gasteiger partial charge in [-0.1, -0.05) is 12.1 Å². The maximum absolute atomic E-state index is 11.7. The summed E-state index contributed by atoms with van der Waals surface area (Å²) in [7, 11) is 1.76. The van der Waals surface area contributed by atoms with Crippen LogP contribution in [0.3, 0.4) is 0 Å². The zero-order chi connectivity index (χ0) is 13.1. The molecule has 1 aromatic carbocycles. The molecule has 0 aliphatic carbocycles. The molecule has 6 heteroatoms. The second kappa shape index (κ2) is 4.87. The van der Waals surface area contributed by atoms with Crippen molar-refractivity contribution in [3.05, 3.63) is 29.8 Å². The monoisotopic (exact) mass is 246 g/mol. The van der Waals surface area contributed by atoms with Crippen LogP contribution in [0, 0.1) is 5.41 Å². The Morgan fingerprint density at radius 3 is 2.78 bits per heavy atom. The molecule has 2 rings (SSSR count). The largest absolute Gasteiger partial charge is 0.388 e. The number of amides is 3. The molecule has 6 nitrogen and oxygen atoms in total. The molecule has 1 aromatic rings. The van der Waals surface area contributed by atoms with Gasteiger partial charge in [0.25, 0.3) is 0 Å². The van der Waals surface area contributed by atoms with E-state index in [0.29, 0.717) is 5.56 Å². The fourth-order valence-electron chi connectivity index (χ4n) is 1.83. The maximum Gasteiger partial charge on any atom is 0.329 e. The van der Waals surface area contributed by atoms with Gasteiger partial charge in [0, 0.05) is 31.3 Å². The topological polar surface area (TPSA) is 85.3 Å². The molecule has 1 aliphatic heterocycles. The Kier molecular flexibility index (Phi) is 3.27. The number of hydrogen-bond acceptors (Lipinski definition) is 4. The van der Waals surface area contributed by atoms with Gasteiger partial charge in [-0.15, -0.1) is 0 Å². The molecule has 0 unspecified atom stereocenters. The van der Waals surface area contributed by atoms with E-state index in [4.69, 9.17) is 5.41 Å². The van der Waals surface area contributed by atoms with Crippen LogP contribution in [0.25, 0.3) is 0 Å². The number of anilines is 1. The van der Waals surface area contributed by atoms with Crippen LogP contribution < -0.4 is 10.6 Å². The van der Waals surface area contributed by atoms with Gasteiger partial charge in [0.2, 0.25) is 5.91 Å². The number of hydrogen-bond donors (Lipinski definition) is 3. The Morgan fingerprint density at radius 2 is 2.11 bits per heavy atom. The molecule has 1 saturated heterocycles. The zero-order valence-electron chi connectivity index (χ0n) is 9.99. The van der Waals surface area contributed by atoms with E-state index in [9.17, 15) is 9.59 Å². The normalized spacial score (nSPS) is 15.3. The average Bonchev–Trinajstić information content (AvgIpc) is 2.38. The van der Waals surface area contributed by atoms with Crippen molar-refractivity contribution in [3.63, 3.8) is 0 Å². The van der Waals surface area contributed by atoms with Gasteiger partial charge in [-0.05, 0) is 12.1 Å². The first-order valence-electron chi connectivity index (χ1n) is 5.60. The fraction of sp³-hybridized carbons (Fsp3) is 0.250. The van der Waals surface area contributed by atoms with E-state index >= 15 is 0 Å². The molecule has 0 bridgehead atoms. The number of para-hydroxylation sites is 1. The Morgan fingerprint density at radius 1 is 1.39 bits per heavy atom. The summed E-state index contributed by atoms with van der Waals surface area (Å²) in [5.74, 6) is -0.212. The van der Waals surface area contributed by atoms with E-state index in [1.54, 1.807) is 19.2 Å². The van der Waals surface area contributed by atoms with E-state index in [1.807, 2.05) is 12.1 Å². The highest BCUT2D eigenvalue weighted by Gasteiger charge is 2.27. The summed E-state index contributed by atoms with van der Waals surface area (Å²) in [5, 5.41) is 13.3. The number of amidine groups is 1. The third-order valence-corrected chi connectivity index (χ3v) is 2.78. The van der Waals surface area contributed by atoms with Gasteiger partial charge in [0.15, 0.2) is 0 Å². The average molecular weight is 246 g/mol. The lowest BCUT2D eigenvalue weighted by molar-refractivity contribution is -0.121. The molecule has 1 fully saturated rings. The van der Waals surface area contributed by atoms with Crippen molar-refractivity contribution in [2.24, 2.45) is 0 Å². The van der Waals surface area contributed by atoms with Gasteiger partial charge in [-0.25, -0.2) is 4.79 Å². The predicted molar refractivity (Wildman–Crippen MR) is 67.7 cm³/mol. The van der Waals surface area contributed by atoms with Crippen LogP contribution in [0.5, 0.6) is 0 Å². The summed E-state index contributed by atoms with van der Waals surface area (Å²) < 4.78 is 0. The van der Waals surface area contributed by atoms with E-state index in [1.165, 1.54) is 4.90 Å². The van der Waals surface area contributed by atoms with E-state index < -0.39 is 6.03 Å². The maximum atomic E-state index is 11.7. The number of urea groups is 1. The van der Waals surface area contributed by atoms with Crippen LogP contribution in [-0.2, 0) is 4.79 Å². The third-order valence-electron chi connectivity index (χ3n) is 2.78. The van der Waals surface area contributed by atoms with E-state index in [2.05, 4.69) is 10.6 Å². The van der Waals surface area contributed by atoms with Crippen LogP contribution in [-0.4, -0.2) is 36.3 Å². The van der Waals surface area contributed by atoms with Crippen LogP contribution in [0.2, 0.25) is 0 Å². The fourth-order valence-corrected chi connectivity index (χ4v) is 1.83. The lowest BCUT2D eigenvalue weighted by Crippen LogP contribution is -2.51. The molecule has 0 radical (unpaired) electrons. The van der Waals surface area contributed by atoms with E-state index in [0.717, 1.165) is 5.69 Å². The quantitative estimate of drug-likeness (QED) is 0.537. The standard InChI is InChI=1S/C12H14N4O2/c1-14-9-5-3-2-4-8(9)11(13)16-7-6-10(17)15-12(16)18/h2-5,13-14H,6-7H2,1H3,(H,15,17,18). The third kappa shape index (κ3) is 2.17. The van der Waals surface area contributed by atoms with Crippen molar-refractivity contribution >= 4 is 23.5 Å². The summed E-state index contributed by atoms with van der Waals surface area (Å²) in [6, 6.07) is 6.71. The molecule has 1 heterocycles. The van der Waals surface area contributed by atoms with Crippen LogP contribution in [0.4, 0.5) is 10.5 Å². The number of imide groups is 1. The number of rotatable bonds is 2. The van der Waals surface area contributed by atoms with E-state index in [-0.39, 0.29) is 24.7 Å². The first kappa shape index (κ1) is 12.1. The van der Waals surface area contributed by atoms with Crippen molar-refractivity contribution in [1.29, 1.82) is 5.41 Å². The second-order valence-corrected chi connectivity index (χ2v) is 3.90. The number of benzene rings is 1. The molecule has 1 aliphatic rings. The van der Waals surface area contributed by atoms with Crippen molar-refractivity contribution in [2.45, 2.75) is 6.42 Å². The Balaban J connectivity index is 2.26. The minimum Gasteiger partial charge on any atom is -0.388 e. The molecule has 18 heavy (non-hydrogen) atoms. The first-order chi connectivity index (χ1) is 8.63. The molecular weight excluding hydrogens is 232 g/mol. The van der Waals surface area contributed by atoms with Gasteiger partial charge in [0.05, 0.1) is 0 Å². The molecule has 0 atom stereocenters. The highest BCUT2D eigenvalue weighted by Crippen LogP contribution is 2.17.